The van der Waals surface area contributed by atoms with E-state index >= 15 is 0 Å². The molecule has 1 heterocycles. The summed E-state index contributed by atoms with van der Waals surface area (Å²) in [5.41, 5.74) is 1.25. The fourth-order valence-corrected chi connectivity index (χ4v) is 2.04. The van der Waals surface area contributed by atoms with Gasteiger partial charge >= 0.3 is 0 Å². The predicted octanol–water partition coefficient (Wildman–Crippen LogP) is 5.37. The van der Waals surface area contributed by atoms with Crippen LogP contribution in [0.4, 0.5) is 4.48 Å². The molecule has 1 saturated heterocycles. The Morgan fingerprint density at radius 1 is 1.00 bits per heavy atom. The largest absolute Gasteiger partial charge is 0.147 e. The zero-order valence-electron chi connectivity index (χ0n) is 12.1. The molecule has 1 aliphatic heterocycles. The van der Waals surface area contributed by atoms with Crippen molar-refractivity contribution < 1.29 is 4.48 Å². The fourth-order valence-electron chi connectivity index (χ4n) is 2.04. The summed E-state index contributed by atoms with van der Waals surface area (Å²) in [6, 6.07) is 10.1. The fraction of sp³-hybridized carbons (Fsp3) is 0.625. The summed E-state index contributed by atoms with van der Waals surface area (Å²) in [7, 11) is 0. The molecule has 1 nitrogen and oxygen atoms in total. The topological polar surface area (TPSA) is 3.24 Å². The highest BCUT2D eigenvalue weighted by molar-refractivity contribution is 5.85. The zero-order chi connectivity index (χ0) is 13.2. The maximum Gasteiger partial charge on any atom is 0.0372 e. The van der Waals surface area contributed by atoms with E-state index in [9.17, 15) is 4.48 Å². The van der Waals surface area contributed by atoms with Gasteiger partial charge in [-0.2, -0.15) is 0 Å². The Labute approximate surface area is 123 Å². The van der Waals surface area contributed by atoms with Crippen LogP contribution >= 0.6 is 12.4 Å². The molecular weight excluding hydrogens is 261 g/mol. The monoisotopic (exact) mass is 287 g/mol. The lowest BCUT2D eigenvalue weighted by Gasteiger charge is -2.31. The van der Waals surface area contributed by atoms with Crippen molar-refractivity contribution in [3.05, 3.63) is 35.9 Å². The maximum atomic E-state index is 12.3. The summed E-state index contributed by atoms with van der Waals surface area (Å²) in [5.74, 6) is 0.418. The van der Waals surface area contributed by atoms with Gasteiger partial charge in [0.25, 0.3) is 0 Å². The van der Waals surface area contributed by atoms with Crippen molar-refractivity contribution in [3.8, 4) is 0 Å². The molecule has 0 saturated carbocycles. The third kappa shape index (κ3) is 7.54. The minimum atomic E-state index is 0. The van der Waals surface area contributed by atoms with E-state index in [1.807, 2.05) is 18.2 Å². The second-order valence-corrected chi connectivity index (χ2v) is 5.00. The van der Waals surface area contributed by atoms with Gasteiger partial charge in [-0.1, -0.05) is 76.3 Å². The van der Waals surface area contributed by atoms with E-state index < -0.39 is 0 Å². The van der Waals surface area contributed by atoms with E-state index in [4.69, 9.17) is 0 Å². The van der Waals surface area contributed by atoms with Crippen molar-refractivity contribution >= 4 is 12.4 Å². The standard InChI is InChI=1S/C9H10FN.C7H16.ClH/c10-11-6-9(7-11)8-4-2-1-3-5-8;1-3-5-7-6-4-2;/h1-5,9H,6-7H2;3-7H2,1-2H3;1H. The Kier molecular flexibility index (Phi) is 10.9. The number of hydrogen-bond donors (Lipinski definition) is 0. The maximum absolute atomic E-state index is 12.3. The van der Waals surface area contributed by atoms with Crippen molar-refractivity contribution in [2.75, 3.05) is 13.1 Å². The van der Waals surface area contributed by atoms with Crippen LogP contribution in [0.3, 0.4) is 0 Å². The molecule has 0 aromatic heterocycles. The highest BCUT2D eigenvalue weighted by Gasteiger charge is 2.27. The van der Waals surface area contributed by atoms with Crippen LogP contribution in [0.25, 0.3) is 0 Å². The number of nitrogens with zero attached hydrogens (tertiary/aromatic N) is 1. The molecule has 110 valence electrons. The second-order valence-electron chi connectivity index (χ2n) is 5.00. The molecule has 19 heavy (non-hydrogen) atoms. The number of hydrogen-bond acceptors (Lipinski definition) is 1. The quantitative estimate of drug-likeness (QED) is 0.520. The molecule has 1 aromatic carbocycles. The minimum absolute atomic E-state index is 0. The van der Waals surface area contributed by atoms with Gasteiger partial charge in [0.15, 0.2) is 0 Å². The Bertz CT molecular complexity index is 295. The van der Waals surface area contributed by atoms with Gasteiger partial charge in [0.1, 0.15) is 0 Å². The Balaban J connectivity index is 0.000000360. The molecule has 1 fully saturated rings. The van der Waals surface area contributed by atoms with Gasteiger partial charge < -0.3 is 0 Å². The van der Waals surface area contributed by atoms with Crippen molar-refractivity contribution in [3.63, 3.8) is 0 Å². The molecule has 0 amide bonds. The first-order valence-electron chi connectivity index (χ1n) is 7.23. The molecule has 1 aromatic rings. The lowest BCUT2D eigenvalue weighted by Crippen LogP contribution is -2.38. The molecule has 3 heteroatoms. The third-order valence-electron chi connectivity index (χ3n) is 3.32. The molecule has 0 bridgehead atoms. The number of rotatable bonds is 5. The molecular formula is C16H27ClFN. The van der Waals surface area contributed by atoms with E-state index in [1.165, 1.54) is 37.7 Å². The summed E-state index contributed by atoms with van der Waals surface area (Å²) >= 11 is 0. The summed E-state index contributed by atoms with van der Waals surface area (Å²) in [4.78, 5) is 0. The van der Waals surface area contributed by atoms with Gasteiger partial charge in [-0.25, -0.2) is 0 Å². The van der Waals surface area contributed by atoms with Crippen LogP contribution in [0.15, 0.2) is 30.3 Å². The lowest BCUT2D eigenvalue weighted by atomic mass is 9.94. The molecule has 0 radical (unpaired) electrons. The van der Waals surface area contributed by atoms with Crippen LogP contribution < -0.4 is 0 Å². The summed E-state index contributed by atoms with van der Waals surface area (Å²) < 4.78 is 12.3. The Hall–Kier alpha value is -0.600. The summed E-state index contributed by atoms with van der Waals surface area (Å²) in [6.45, 7) is 5.61. The van der Waals surface area contributed by atoms with Gasteiger partial charge in [0, 0.05) is 19.0 Å². The molecule has 0 unspecified atom stereocenters. The Morgan fingerprint density at radius 3 is 1.95 bits per heavy atom. The smallest absolute Gasteiger partial charge is 0.0372 e. The zero-order valence-corrected chi connectivity index (χ0v) is 13.0. The highest BCUT2D eigenvalue weighted by atomic mass is 35.5. The third-order valence-corrected chi connectivity index (χ3v) is 3.32. The molecule has 2 rings (SSSR count). The van der Waals surface area contributed by atoms with Crippen LogP contribution in [0.5, 0.6) is 0 Å². The molecule has 0 aliphatic carbocycles. The Morgan fingerprint density at radius 2 is 1.53 bits per heavy atom. The lowest BCUT2D eigenvalue weighted by molar-refractivity contribution is -0.0515. The normalized spacial score (nSPS) is 14.9. The molecule has 0 N–H and O–H groups in total. The van der Waals surface area contributed by atoms with E-state index in [0.717, 1.165) is 5.12 Å². The first kappa shape index (κ1) is 18.4. The minimum Gasteiger partial charge on any atom is -0.147 e. The number of unbranched alkanes of at least 4 members (excludes halogenated alkanes) is 4. The first-order chi connectivity index (χ1) is 8.77. The van der Waals surface area contributed by atoms with Gasteiger partial charge in [0.2, 0.25) is 0 Å². The average Bonchev–Trinajstić information content (AvgIpc) is 2.38. The first-order valence-corrected chi connectivity index (χ1v) is 7.23. The van der Waals surface area contributed by atoms with Gasteiger partial charge in [-0.05, 0) is 5.56 Å². The second kappa shape index (κ2) is 11.2. The van der Waals surface area contributed by atoms with Crippen LogP contribution in [0.2, 0.25) is 0 Å². The van der Waals surface area contributed by atoms with Crippen molar-refractivity contribution in [1.82, 2.24) is 5.12 Å². The highest BCUT2D eigenvalue weighted by Crippen LogP contribution is 2.26. The van der Waals surface area contributed by atoms with Gasteiger partial charge in [-0.3, -0.25) is 0 Å². The van der Waals surface area contributed by atoms with Gasteiger partial charge in [0.05, 0.1) is 0 Å². The predicted molar refractivity (Wildman–Crippen MR) is 83.5 cm³/mol. The van der Waals surface area contributed by atoms with Gasteiger partial charge in [-0.15, -0.1) is 22.0 Å². The van der Waals surface area contributed by atoms with Crippen LogP contribution in [0, 0.1) is 0 Å². The molecule has 0 atom stereocenters. The summed E-state index contributed by atoms with van der Waals surface area (Å²) in [5, 5.41) is 0.845. The van der Waals surface area contributed by atoms with Crippen molar-refractivity contribution in [1.29, 1.82) is 0 Å². The van der Waals surface area contributed by atoms with E-state index in [0.29, 0.717) is 19.0 Å². The van der Waals surface area contributed by atoms with Crippen molar-refractivity contribution in [2.45, 2.75) is 51.9 Å². The number of halogens is 2. The summed E-state index contributed by atoms with van der Waals surface area (Å²) in [6.07, 6.45) is 7.01. The molecule has 0 spiro atoms. The van der Waals surface area contributed by atoms with Crippen LogP contribution in [0.1, 0.15) is 57.4 Å². The van der Waals surface area contributed by atoms with Crippen LogP contribution in [-0.2, 0) is 0 Å². The molecule has 1 aliphatic rings. The van der Waals surface area contributed by atoms with E-state index in [-0.39, 0.29) is 12.4 Å². The SMILES string of the molecule is CCCCCCC.Cl.FN1CC(c2ccccc2)C1. The van der Waals surface area contributed by atoms with Crippen molar-refractivity contribution in [2.24, 2.45) is 0 Å². The van der Waals surface area contributed by atoms with Crippen LogP contribution in [-0.4, -0.2) is 18.2 Å². The van der Waals surface area contributed by atoms with E-state index in [1.54, 1.807) is 0 Å². The van der Waals surface area contributed by atoms with E-state index in [2.05, 4.69) is 26.0 Å². The number of benzene rings is 1. The average molecular weight is 288 g/mol.